The van der Waals surface area contributed by atoms with Gasteiger partial charge in [0.05, 0.1) is 31.2 Å². The molecule has 4 aromatic rings. The van der Waals surface area contributed by atoms with Crippen LogP contribution in [0.1, 0.15) is 17.3 Å². The lowest BCUT2D eigenvalue weighted by atomic mass is 10.1. The molecule has 0 spiro atoms. The Hall–Kier alpha value is -4.59. The van der Waals surface area contributed by atoms with E-state index in [2.05, 4.69) is 5.32 Å². The second kappa shape index (κ2) is 11.2. The Labute approximate surface area is 210 Å². The molecular weight excluding hydrogens is 456 g/mol. The summed E-state index contributed by atoms with van der Waals surface area (Å²) in [4.78, 5) is 27.7. The molecule has 4 rings (SSSR count). The van der Waals surface area contributed by atoms with Crippen molar-refractivity contribution < 1.29 is 19.1 Å². The smallest absolute Gasteiger partial charge is 0.258 e. The van der Waals surface area contributed by atoms with Gasteiger partial charge in [-0.25, -0.2) is 4.68 Å². The Balaban J connectivity index is 1.60. The van der Waals surface area contributed by atoms with Crippen molar-refractivity contribution >= 4 is 17.6 Å². The third-order valence-corrected chi connectivity index (χ3v) is 5.70. The second-order valence-corrected chi connectivity index (χ2v) is 7.96. The van der Waals surface area contributed by atoms with Gasteiger partial charge in [0.2, 0.25) is 5.91 Å². The van der Waals surface area contributed by atoms with Crippen LogP contribution in [-0.2, 0) is 4.79 Å². The summed E-state index contributed by atoms with van der Waals surface area (Å²) in [5.74, 6) is 1.05. The highest BCUT2D eigenvalue weighted by molar-refractivity contribution is 6.01. The minimum atomic E-state index is -0.339. The molecule has 1 aromatic heterocycles. The van der Waals surface area contributed by atoms with Crippen molar-refractivity contribution in [3.8, 4) is 28.4 Å². The standard InChI is InChI=1S/C28H28N4O4/c1-4-31(28(34)23-12-8-9-13-25(23)36-3)19-27(33)29-26-18-24(20-10-6-5-7-11-20)30-32(26)21-14-16-22(35-2)17-15-21/h5-18H,4,19H2,1-3H3,(H,29,33). The Kier molecular flexibility index (Phi) is 7.65. The van der Waals surface area contributed by atoms with E-state index in [1.807, 2.05) is 67.6 Å². The fourth-order valence-corrected chi connectivity index (χ4v) is 3.81. The normalized spacial score (nSPS) is 10.5. The van der Waals surface area contributed by atoms with Crippen molar-refractivity contribution in [1.29, 1.82) is 0 Å². The van der Waals surface area contributed by atoms with Gasteiger partial charge in [-0.1, -0.05) is 42.5 Å². The fraction of sp³-hybridized carbons (Fsp3) is 0.179. The molecule has 0 bridgehead atoms. The molecule has 184 valence electrons. The summed E-state index contributed by atoms with van der Waals surface area (Å²) in [7, 11) is 3.12. The summed E-state index contributed by atoms with van der Waals surface area (Å²) >= 11 is 0. The molecule has 0 saturated carbocycles. The van der Waals surface area contributed by atoms with Crippen molar-refractivity contribution in [2.75, 3.05) is 32.6 Å². The van der Waals surface area contributed by atoms with Crippen LogP contribution in [-0.4, -0.2) is 53.8 Å². The minimum absolute atomic E-state index is 0.123. The third-order valence-electron chi connectivity index (χ3n) is 5.70. The van der Waals surface area contributed by atoms with E-state index in [1.54, 1.807) is 36.1 Å². The van der Waals surface area contributed by atoms with Gasteiger partial charge in [0.25, 0.3) is 5.91 Å². The van der Waals surface area contributed by atoms with E-state index in [4.69, 9.17) is 14.6 Å². The van der Waals surface area contributed by atoms with Crippen molar-refractivity contribution in [3.63, 3.8) is 0 Å². The van der Waals surface area contributed by atoms with Gasteiger partial charge in [-0.3, -0.25) is 9.59 Å². The summed E-state index contributed by atoms with van der Waals surface area (Å²) in [6.07, 6.45) is 0. The first-order valence-electron chi connectivity index (χ1n) is 11.6. The van der Waals surface area contributed by atoms with Crippen LogP contribution in [0.2, 0.25) is 0 Å². The Morgan fingerprint density at radius 1 is 0.917 bits per heavy atom. The molecular formula is C28H28N4O4. The highest BCUT2D eigenvalue weighted by atomic mass is 16.5. The lowest BCUT2D eigenvalue weighted by Crippen LogP contribution is -2.38. The Bertz CT molecular complexity index is 1330. The van der Waals surface area contributed by atoms with Crippen LogP contribution < -0.4 is 14.8 Å². The van der Waals surface area contributed by atoms with E-state index in [1.165, 1.54) is 12.0 Å². The van der Waals surface area contributed by atoms with E-state index >= 15 is 0 Å². The number of anilines is 1. The van der Waals surface area contributed by atoms with Gasteiger partial charge in [0, 0.05) is 18.2 Å². The summed E-state index contributed by atoms with van der Waals surface area (Å²) in [6.45, 7) is 2.06. The van der Waals surface area contributed by atoms with Crippen LogP contribution in [0.3, 0.4) is 0 Å². The molecule has 0 aliphatic carbocycles. The van der Waals surface area contributed by atoms with E-state index < -0.39 is 0 Å². The number of carbonyl (C=O) groups is 2. The van der Waals surface area contributed by atoms with E-state index in [-0.39, 0.29) is 18.4 Å². The number of para-hydroxylation sites is 1. The number of nitrogens with zero attached hydrogens (tertiary/aromatic N) is 3. The topological polar surface area (TPSA) is 85.7 Å². The summed E-state index contributed by atoms with van der Waals surface area (Å²) in [6, 6.07) is 25.9. The SMILES string of the molecule is CCN(CC(=O)Nc1cc(-c2ccccc2)nn1-c1ccc(OC)cc1)C(=O)c1ccccc1OC. The maximum atomic E-state index is 13.1. The summed E-state index contributed by atoms with van der Waals surface area (Å²) < 4.78 is 12.2. The van der Waals surface area contributed by atoms with Gasteiger partial charge < -0.3 is 19.7 Å². The van der Waals surface area contributed by atoms with Gasteiger partial charge in [-0.05, 0) is 43.3 Å². The molecule has 36 heavy (non-hydrogen) atoms. The number of likely N-dealkylation sites (N-methyl/N-ethyl adjacent to an activating group) is 1. The Morgan fingerprint density at radius 3 is 2.28 bits per heavy atom. The molecule has 8 nitrogen and oxygen atoms in total. The number of methoxy groups -OCH3 is 2. The maximum absolute atomic E-state index is 13.1. The molecule has 0 radical (unpaired) electrons. The lowest BCUT2D eigenvalue weighted by molar-refractivity contribution is -0.116. The molecule has 8 heteroatoms. The van der Waals surface area contributed by atoms with E-state index in [0.29, 0.717) is 35.1 Å². The molecule has 0 atom stereocenters. The van der Waals surface area contributed by atoms with Crippen molar-refractivity contribution in [2.24, 2.45) is 0 Å². The predicted molar refractivity (Wildman–Crippen MR) is 139 cm³/mol. The number of amides is 2. The molecule has 0 fully saturated rings. The quantitative estimate of drug-likeness (QED) is 0.374. The van der Waals surface area contributed by atoms with Crippen LogP contribution in [0.15, 0.2) is 84.9 Å². The zero-order chi connectivity index (χ0) is 25.5. The number of aromatic nitrogens is 2. The monoisotopic (exact) mass is 484 g/mol. The Morgan fingerprint density at radius 2 is 1.61 bits per heavy atom. The first-order chi connectivity index (χ1) is 17.5. The second-order valence-electron chi connectivity index (χ2n) is 7.96. The molecule has 0 aliphatic heterocycles. The molecule has 0 saturated heterocycles. The average molecular weight is 485 g/mol. The van der Waals surface area contributed by atoms with Gasteiger partial charge in [-0.2, -0.15) is 5.10 Å². The number of ether oxygens (including phenoxy) is 2. The summed E-state index contributed by atoms with van der Waals surface area (Å²) in [5, 5.41) is 7.66. The first kappa shape index (κ1) is 24.5. The minimum Gasteiger partial charge on any atom is -0.497 e. The van der Waals surface area contributed by atoms with Crippen LogP contribution in [0.4, 0.5) is 5.82 Å². The van der Waals surface area contributed by atoms with Gasteiger partial charge in [0.1, 0.15) is 23.9 Å². The van der Waals surface area contributed by atoms with E-state index in [9.17, 15) is 9.59 Å². The summed E-state index contributed by atoms with van der Waals surface area (Å²) in [5.41, 5.74) is 2.79. The van der Waals surface area contributed by atoms with Gasteiger partial charge in [0.15, 0.2) is 0 Å². The highest BCUT2D eigenvalue weighted by Crippen LogP contribution is 2.26. The van der Waals surface area contributed by atoms with Crippen molar-refractivity contribution in [2.45, 2.75) is 6.92 Å². The van der Waals surface area contributed by atoms with E-state index in [0.717, 1.165) is 11.3 Å². The number of rotatable bonds is 9. The third kappa shape index (κ3) is 5.38. The van der Waals surface area contributed by atoms with Crippen LogP contribution in [0, 0.1) is 0 Å². The molecule has 0 aliphatic rings. The largest absolute Gasteiger partial charge is 0.497 e. The average Bonchev–Trinajstić information content (AvgIpc) is 3.35. The van der Waals surface area contributed by atoms with Crippen molar-refractivity contribution in [1.82, 2.24) is 14.7 Å². The number of hydrogen-bond donors (Lipinski definition) is 1. The number of carbonyl (C=O) groups excluding carboxylic acids is 2. The number of nitrogens with one attached hydrogen (secondary N) is 1. The van der Waals surface area contributed by atoms with Gasteiger partial charge >= 0.3 is 0 Å². The zero-order valence-electron chi connectivity index (χ0n) is 20.5. The van der Waals surface area contributed by atoms with Crippen LogP contribution in [0.25, 0.3) is 16.9 Å². The molecule has 2 amide bonds. The molecule has 1 heterocycles. The molecule has 0 unspecified atom stereocenters. The molecule has 3 aromatic carbocycles. The van der Waals surface area contributed by atoms with Crippen LogP contribution in [0.5, 0.6) is 11.5 Å². The van der Waals surface area contributed by atoms with Crippen molar-refractivity contribution in [3.05, 3.63) is 90.5 Å². The van der Waals surface area contributed by atoms with Crippen LogP contribution >= 0.6 is 0 Å². The van der Waals surface area contributed by atoms with Gasteiger partial charge in [-0.15, -0.1) is 0 Å². The fourth-order valence-electron chi connectivity index (χ4n) is 3.81. The first-order valence-corrected chi connectivity index (χ1v) is 11.6. The zero-order valence-corrected chi connectivity index (χ0v) is 20.5. The number of benzene rings is 3. The highest BCUT2D eigenvalue weighted by Gasteiger charge is 2.22. The lowest BCUT2D eigenvalue weighted by Gasteiger charge is -2.21. The predicted octanol–water partition coefficient (Wildman–Crippen LogP) is 4.66. The number of hydrogen-bond acceptors (Lipinski definition) is 5. The molecule has 1 N–H and O–H groups in total. The maximum Gasteiger partial charge on any atom is 0.258 e.